The second kappa shape index (κ2) is 6.13. The molecule has 0 aromatic heterocycles. The van der Waals surface area contributed by atoms with Crippen LogP contribution in [-0.4, -0.2) is 17.4 Å². The predicted molar refractivity (Wildman–Crippen MR) is 49.1 cm³/mol. The lowest BCUT2D eigenvalue weighted by molar-refractivity contribution is -0.117. The summed E-state index contributed by atoms with van der Waals surface area (Å²) in [6.45, 7) is 3.38. The van der Waals surface area contributed by atoms with Gasteiger partial charge in [0.2, 0.25) is 5.91 Å². The van der Waals surface area contributed by atoms with Crippen LogP contribution in [0.4, 0.5) is 0 Å². The van der Waals surface area contributed by atoms with Crippen molar-refractivity contribution in [1.82, 2.24) is 5.09 Å². The number of nitrogens with one attached hydrogen (secondary N) is 1. The highest BCUT2D eigenvalue weighted by Crippen LogP contribution is 2.36. The minimum absolute atomic E-state index is 0.196. The molecule has 0 spiro atoms. The molecule has 0 aromatic rings. The SMILES string of the molecule is CCCCCOP(=O)(O)NC(C)=O. The van der Waals surface area contributed by atoms with Gasteiger partial charge in [-0.3, -0.25) is 14.4 Å². The number of hydrogen-bond acceptors (Lipinski definition) is 3. The summed E-state index contributed by atoms with van der Waals surface area (Å²) < 4.78 is 15.6. The normalized spacial score (nSPS) is 15.0. The Labute approximate surface area is 78.1 Å². The van der Waals surface area contributed by atoms with Crippen molar-refractivity contribution < 1.29 is 18.8 Å². The van der Waals surface area contributed by atoms with E-state index in [9.17, 15) is 9.36 Å². The van der Waals surface area contributed by atoms with Gasteiger partial charge in [-0.2, -0.15) is 0 Å². The second-order valence-electron chi connectivity index (χ2n) is 2.73. The van der Waals surface area contributed by atoms with Gasteiger partial charge in [-0.1, -0.05) is 19.8 Å². The molecule has 6 heteroatoms. The number of rotatable bonds is 6. The van der Waals surface area contributed by atoms with Crippen molar-refractivity contribution in [2.75, 3.05) is 6.61 Å². The van der Waals surface area contributed by atoms with Crippen LogP contribution in [0.5, 0.6) is 0 Å². The minimum Gasteiger partial charge on any atom is -0.308 e. The van der Waals surface area contributed by atoms with Crippen molar-refractivity contribution in [3.05, 3.63) is 0 Å². The van der Waals surface area contributed by atoms with Crippen LogP contribution in [0.15, 0.2) is 0 Å². The molecule has 0 saturated heterocycles. The van der Waals surface area contributed by atoms with E-state index in [1.807, 2.05) is 12.0 Å². The zero-order chi connectivity index (χ0) is 10.3. The molecule has 0 fully saturated rings. The van der Waals surface area contributed by atoms with Crippen molar-refractivity contribution in [2.45, 2.75) is 33.1 Å². The van der Waals surface area contributed by atoms with Gasteiger partial charge in [-0.25, -0.2) is 4.57 Å². The van der Waals surface area contributed by atoms with Gasteiger partial charge in [0.05, 0.1) is 6.61 Å². The molecule has 78 valence electrons. The maximum atomic E-state index is 11.0. The van der Waals surface area contributed by atoms with E-state index < -0.39 is 13.7 Å². The predicted octanol–water partition coefficient (Wildman–Crippen LogP) is 1.43. The van der Waals surface area contributed by atoms with Gasteiger partial charge in [0.1, 0.15) is 0 Å². The maximum Gasteiger partial charge on any atom is 0.432 e. The van der Waals surface area contributed by atoms with E-state index in [-0.39, 0.29) is 6.61 Å². The molecule has 5 nitrogen and oxygen atoms in total. The monoisotopic (exact) mass is 209 g/mol. The van der Waals surface area contributed by atoms with E-state index in [1.54, 1.807) is 0 Å². The molecule has 1 amide bonds. The highest BCUT2D eigenvalue weighted by Gasteiger charge is 2.19. The van der Waals surface area contributed by atoms with Crippen molar-refractivity contribution in [3.63, 3.8) is 0 Å². The molecule has 0 bridgehead atoms. The van der Waals surface area contributed by atoms with Crippen LogP contribution < -0.4 is 5.09 Å². The quantitative estimate of drug-likeness (QED) is 0.512. The lowest BCUT2D eigenvalue weighted by atomic mass is 10.3. The van der Waals surface area contributed by atoms with Crippen LogP contribution in [0.25, 0.3) is 0 Å². The Hall–Kier alpha value is -0.380. The number of unbranched alkanes of at least 4 members (excludes halogenated alkanes) is 2. The first-order valence-electron chi connectivity index (χ1n) is 4.24. The van der Waals surface area contributed by atoms with Crippen molar-refractivity contribution in [1.29, 1.82) is 0 Å². The molecule has 0 saturated carbocycles. The summed E-state index contributed by atoms with van der Waals surface area (Å²) in [5.41, 5.74) is 0. The average molecular weight is 209 g/mol. The molecule has 1 unspecified atom stereocenters. The third-order valence-corrected chi connectivity index (χ3v) is 2.44. The zero-order valence-corrected chi connectivity index (χ0v) is 8.84. The maximum absolute atomic E-state index is 11.0. The van der Waals surface area contributed by atoms with Crippen LogP contribution in [0.2, 0.25) is 0 Å². The Morgan fingerprint density at radius 2 is 2.15 bits per heavy atom. The second-order valence-corrected chi connectivity index (χ2v) is 4.25. The van der Waals surface area contributed by atoms with E-state index >= 15 is 0 Å². The fraction of sp³-hybridized carbons (Fsp3) is 0.857. The molecule has 0 rings (SSSR count). The molecule has 0 aromatic carbocycles. The summed E-state index contributed by atoms with van der Waals surface area (Å²) in [7, 11) is -3.89. The first kappa shape index (κ1) is 12.6. The first-order valence-corrected chi connectivity index (χ1v) is 5.82. The summed E-state index contributed by atoms with van der Waals surface area (Å²) in [5.74, 6) is -0.568. The van der Waals surface area contributed by atoms with Crippen molar-refractivity contribution in [3.8, 4) is 0 Å². The van der Waals surface area contributed by atoms with Crippen LogP contribution in [0.1, 0.15) is 33.1 Å². The van der Waals surface area contributed by atoms with Gasteiger partial charge >= 0.3 is 7.75 Å². The van der Waals surface area contributed by atoms with E-state index in [0.29, 0.717) is 0 Å². The van der Waals surface area contributed by atoms with Gasteiger partial charge in [0.15, 0.2) is 0 Å². The smallest absolute Gasteiger partial charge is 0.308 e. The molecule has 0 aliphatic carbocycles. The Morgan fingerprint density at radius 1 is 1.54 bits per heavy atom. The molecule has 0 heterocycles. The number of hydrogen-bond donors (Lipinski definition) is 2. The molecule has 0 aliphatic rings. The third-order valence-electron chi connectivity index (χ3n) is 1.31. The van der Waals surface area contributed by atoms with E-state index in [2.05, 4.69) is 4.52 Å². The summed E-state index contributed by atoms with van der Waals surface area (Å²) in [6.07, 6.45) is 2.68. The van der Waals surface area contributed by atoms with Crippen LogP contribution in [-0.2, 0) is 13.9 Å². The average Bonchev–Trinajstić information content (AvgIpc) is 1.95. The zero-order valence-electron chi connectivity index (χ0n) is 7.95. The summed E-state index contributed by atoms with van der Waals surface area (Å²) in [5, 5.41) is 1.85. The fourth-order valence-corrected chi connectivity index (χ4v) is 1.61. The molecular formula is C7H16NO4P. The summed E-state index contributed by atoms with van der Waals surface area (Å²) in [6, 6.07) is 0. The minimum atomic E-state index is -3.89. The largest absolute Gasteiger partial charge is 0.432 e. The molecule has 0 aliphatic heterocycles. The van der Waals surface area contributed by atoms with Gasteiger partial charge in [-0.15, -0.1) is 0 Å². The molecule has 2 N–H and O–H groups in total. The number of amides is 1. The third kappa shape index (κ3) is 7.96. The van der Waals surface area contributed by atoms with Crippen molar-refractivity contribution in [2.24, 2.45) is 0 Å². The van der Waals surface area contributed by atoms with Crippen molar-refractivity contribution >= 4 is 13.7 Å². The Balaban J connectivity index is 3.63. The Kier molecular flexibility index (Phi) is 5.95. The Morgan fingerprint density at radius 3 is 2.62 bits per heavy atom. The standard InChI is InChI=1S/C7H16NO4P/c1-3-4-5-6-12-13(10,11)8-7(2)9/h3-6H2,1-2H3,(H2,8,9,10,11). The van der Waals surface area contributed by atoms with E-state index in [4.69, 9.17) is 4.89 Å². The summed E-state index contributed by atoms with van der Waals surface area (Å²) >= 11 is 0. The van der Waals surface area contributed by atoms with E-state index in [0.717, 1.165) is 26.2 Å². The number of carbonyl (C=O) groups excluding carboxylic acids is 1. The van der Waals surface area contributed by atoms with Gasteiger partial charge in [0, 0.05) is 6.92 Å². The van der Waals surface area contributed by atoms with Crippen LogP contribution in [0, 0.1) is 0 Å². The highest BCUT2D eigenvalue weighted by molar-refractivity contribution is 7.51. The molecule has 13 heavy (non-hydrogen) atoms. The first-order chi connectivity index (χ1) is 5.98. The number of carbonyl (C=O) groups is 1. The van der Waals surface area contributed by atoms with Gasteiger partial charge in [0.25, 0.3) is 0 Å². The Bertz CT molecular complexity index is 207. The van der Waals surface area contributed by atoms with Crippen LogP contribution >= 0.6 is 7.75 Å². The molecule has 1 atom stereocenters. The lowest BCUT2D eigenvalue weighted by Gasteiger charge is -2.11. The summed E-state index contributed by atoms with van der Waals surface area (Å²) in [4.78, 5) is 19.4. The topological polar surface area (TPSA) is 75.6 Å². The lowest BCUT2D eigenvalue weighted by Crippen LogP contribution is -2.17. The van der Waals surface area contributed by atoms with Gasteiger partial charge in [-0.05, 0) is 6.42 Å². The molecular weight excluding hydrogens is 193 g/mol. The molecule has 0 radical (unpaired) electrons. The fourth-order valence-electron chi connectivity index (χ4n) is 0.772. The van der Waals surface area contributed by atoms with Gasteiger partial charge < -0.3 is 4.89 Å². The van der Waals surface area contributed by atoms with Crippen LogP contribution in [0.3, 0.4) is 0 Å². The highest BCUT2D eigenvalue weighted by atomic mass is 31.2. The van der Waals surface area contributed by atoms with E-state index in [1.165, 1.54) is 0 Å².